The predicted octanol–water partition coefficient (Wildman–Crippen LogP) is 4.87. The van der Waals surface area contributed by atoms with Crippen molar-refractivity contribution in [3.05, 3.63) is 84.2 Å². The molecule has 1 aliphatic heterocycles. The molecule has 1 fully saturated rings. The van der Waals surface area contributed by atoms with Crippen LogP contribution >= 0.6 is 0 Å². The maximum absolute atomic E-state index is 13.7. The Morgan fingerprint density at radius 1 is 1.06 bits per heavy atom. The molecule has 166 valence electrons. The van der Waals surface area contributed by atoms with Crippen LogP contribution in [0.15, 0.2) is 67.0 Å². The van der Waals surface area contributed by atoms with Gasteiger partial charge < -0.3 is 9.80 Å². The average molecular weight is 442 g/mol. The minimum atomic E-state index is -0.300. The SMILES string of the molecule is CN(C)c1ncc(-c2ccc(F)cc2)c(C2CCCN2C(=O)c2nccc3ccccc23)n1. The molecule has 1 unspecified atom stereocenters. The first-order valence-corrected chi connectivity index (χ1v) is 11.0. The van der Waals surface area contributed by atoms with Gasteiger partial charge in [0.05, 0.1) is 11.7 Å². The van der Waals surface area contributed by atoms with Crippen LogP contribution in [0.1, 0.15) is 35.1 Å². The fourth-order valence-electron chi connectivity index (χ4n) is 4.43. The van der Waals surface area contributed by atoms with E-state index < -0.39 is 0 Å². The number of aromatic nitrogens is 3. The van der Waals surface area contributed by atoms with Crippen LogP contribution < -0.4 is 4.90 Å². The number of rotatable bonds is 4. The summed E-state index contributed by atoms with van der Waals surface area (Å²) in [6, 6.07) is 15.8. The molecule has 7 heteroatoms. The molecule has 0 saturated carbocycles. The lowest BCUT2D eigenvalue weighted by atomic mass is 9.99. The van der Waals surface area contributed by atoms with Crippen LogP contribution in [0.2, 0.25) is 0 Å². The standard InChI is InChI=1S/C26H24FN5O/c1-31(2)26-29-16-21(18-9-11-19(27)12-10-18)23(30-26)22-8-5-15-32(22)25(33)24-20-7-4-3-6-17(20)13-14-28-24/h3-4,6-7,9-14,16,22H,5,8,15H2,1-2H3. The molecule has 1 saturated heterocycles. The molecule has 1 aliphatic rings. The number of halogens is 1. The van der Waals surface area contributed by atoms with Crippen LogP contribution in [0.3, 0.4) is 0 Å². The third-order valence-corrected chi connectivity index (χ3v) is 6.07. The van der Waals surface area contributed by atoms with Crippen LogP contribution in [-0.2, 0) is 0 Å². The summed E-state index contributed by atoms with van der Waals surface area (Å²) in [5.41, 5.74) is 2.84. The first kappa shape index (κ1) is 21.0. The van der Waals surface area contributed by atoms with E-state index in [4.69, 9.17) is 4.98 Å². The van der Waals surface area contributed by atoms with Crippen molar-refractivity contribution in [1.29, 1.82) is 0 Å². The molecule has 2 aromatic carbocycles. The summed E-state index contributed by atoms with van der Waals surface area (Å²) in [5.74, 6) is 0.161. The molecular formula is C26H24FN5O. The highest BCUT2D eigenvalue weighted by Crippen LogP contribution is 2.38. The van der Waals surface area contributed by atoms with Gasteiger partial charge in [-0.1, -0.05) is 36.4 Å². The topological polar surface area (TPSA) is 62.2 Å². The molecular weight excluding hydrogens is 417 g/mol. The molecule has 5 rings (SSSR count). The lowest BCUT2D eigenvalue weighted by Crippen LogP contribution is -2.32. The Morgan fingerprint density at radius 2 is 1.85 bits per heavy atom. The second-order valence-electron chi connectivity index (χ2n) is 8.41. The van der Waals surface area contributed by atoms with Crippen LogP contribution in [-0.4, -0.2) is 46.4 Å². The first-order chi connectivity index (χ1) is 16.0. The first-order valence-electron chi connectivity index (χ1n) is 11.0. The van der Waals surface area contributed by atoms with Gasteiger partial charge in [0.1, 0.15) is 11.5 Å². The Morgan fingerprint density at radius 3 is 2.64 bits per heavy atom. The van der Waals surface area contributed by atoms with E-state index >= 15 is 0 Å². The van der Waals surface area contributed by atoms with E-state index in [0.29, 0.717) is 18.2 Å². The molecule has 0 aliphatic carbocycles. The number of anilines is 1. The van der Waals surface area contributed by atoms with Gasteiger partial charge in [-0.15, -0.1) is 0 Å². The van der Waals surface area contributed by atoms with Crippen molar-refractivity contribution in [3.63, 3.8) is 0 Å². The Bertz CT molecular complexity index is 1320. The van der Waals surface area contributed by atoms with Gasteiger partial charge in [0.25, 0.3) is 5.91 Å². The summed E-state index contributed by atoms with van der Waals surface area (Å²) >= 11 is 0. The van der Waals surface area contributed by atoms with Gasteiger partial charge in [0.2, 0.25) is 5.95 Å². The van der Waals surface area contributed by atoms with Crippen molar-refractivity contribution in [2.24, 2.45) is 0 Å². The van der Waals surface area contributed by atoms with Gasteiger partial charge >= 0.3 is 0 Å². The highest BCUT2D eigenvalue weighted by molar-refractivity contribution is 6.05. The Hall–Kier alpha value is -3.87. The molecule has 1 amide bonds. The average Bonchev–Trinajstić information content (AvgIpc) is 3.33. The number of likely N-dealkylation sites (tertiary alicyclic amines) is 1. The minimum absolute atomic E-state index is 0.107. The minimum Gasteiger partial charge on any atom is -0.347 e. The van der Waals surface area contributed by atoms with Crippen molar-refractivity contribution >= 4 is 22.6 Å². The van der Waals surface area contributed by atoms with Crippen molar-refractivity contribution in [3.8, 4) is 11.1 Å². The van der Waals surface area contributed by atoms with Crippen molar-refractivity contribution in [2.75, 3.05) is 25.5 Å². The number of hydrogen-bond donors (Lipinski definition) is 0. The van der Waals surface area contributed by atoms with Gasteiger partial charge in [-0.05, 0) is 42.0 Å². The third kappa shape index (κ3) is 3.91. The highest BCUT2D eigenvalue weighted by atomic mass is 19.1. The van der Waals surface area contributed by atoms with Gasteiger partial charge in [0, 0.05) is 44.0 Å². The van der Waals surface area contributed by atoms with E-state index in [1.54, 1.807) is 24.5 Å². The van der Waals surface area contributed by atoms with Crippen LogP contribution in [0.4, 0.5) is 10.3 Å². The summed E-state index contributed by atoms with van der Waals surface area (Å²) in [6.45, 7) is 0.624. The summed E-state index contributed by atoms with van der Waals surface area (Å²) in [7, 11) is 3.77. The van der Waals surface area contributed by atoms with E-state index in [-0.39, 0.29) is 17.8 Å². The smallest absolute Gasteiger partial charge is 0.273 e. The quantitative estimate of drug-likeness (QED) is 0.452. The summed E-state index contributed by atoms with van der Waals surface area (Å²) in [4.78, 5) is 31.2. The number of pyridine rings is 1. The molecule has 4 aromatic rings. The second-order valence-corrected chi connectivity index (χ2v) is 8.41. The number of amides is 1. The van der Waals surface area contributed by atoms with E-state index in [1.807, 2.05) is 54.2 Å². The largest absolute Gasteiger partial charge is 0.347 e. The summed E-state index contributed by atoms with van der Waals surface area (Å²) in [5, 5.41) is 1.82. The monoisotopic (exact) mass is 441 g/mol. The zero-order chi connectivity index (χ0) is 22.9. The van der Waals surface area contributed by atoms with E-state index in [9.17, 15) is 9.18 Å². The molecule has 1 atom stereocenters. The number of carbonyl (C=O) groups is 1. The van der Waals surface area contributed by atoms with Crippen LogP contribution in [0.25, 0.3) is 21.9 Å². The van der Waals surface area contributed by atoms with E-state index in [2.05, 4.69) is 9.97 Å². The molecule has 2 aromatic heterocycles. The van der Waals surface area contributed by atoms with Crippen molar-refractivity contribution in [2.45, 2.75) is 18.9 Å². The maximum Gasteiger partial charge on any atom is 0.273 e. The van der Waals surface area contributed by atoms with Gasteiger partial charge in [-0.3, -0.25) is 9.78 Å². The Labute approximate surface area is 191 Å². The third-order valence-electron chi connectivity index (χ3n) is 6.07. The Kier molecular flexibility index (Phi) is 5.46. The fourth-order valence-corrected chi connectivity index (χ4v) is 4.43. The lowest BCUT2D eigenvalue weighted by molar-refractivity contribution is 0.0729. The normalized spacial score (nSPS) is 15.7. The number of carbonyl (C=O) groups excluding carboxylic acids is 1. The number of fused-ring (bicyclic) bond motifs is 1. The summed E-state index contributed by atoms with van der Waals surface area (Å²) in [6.07, 6.45) is 5.10. The predicted molar refractivity (Wildman–Crippen MR) is 127 cm³/mol. The maximum atomic E-state index is 13.7. The Balaban J connectivity index is 1.60. The molecule has 0 bridgehead atoms. The molecule has 6 nitrogen and oxygen atoms in total. The molecule has 0 radical (unpaired) electrons. The van der Waals surface area contributed by atoms with Crippen LogP contribution in [0, 0.1) is 5.82 Å². The number of hydrogen-bond acceptors (Lipinski definition) is 5. The number of nitrogens with zero attached hydrogens (tertiary/aromatic N) is 5. The summed E-state index contributed by atoms with van der Waals surface area (Å²) < 4.78 is 13.6. The highest BCUT2D eigenvalue weighted by Gasteiger charge is 2.35. The van der Waals surface area contributed by atoms with Gasteiger partial charge in [0.15, 0.2) is 0 Å². The zero-order valence-electron chi connectivity index (χ0n) is 18.6. The molecule has 33 heavy (non-hydrogen) atoms. The van der Waals surface area contributed by atoms with Crippen molar-refractivity contribution in [1.82, 2.24) is 19.9 Å². The second kappa shape index (κ2) is 8.58. The zero-order valence-corrected chi connectivity index (χ0v) is 18.6. The molecule has 3 heterocycles. The van der Waals surface area contributed by atoms with Gasteiger partial charge in [-0.25, -0.2) is 14.4 Å². The van der Waals surface area contributed by atoms with E-state index in [1.165, 1.54) is 12.1 Å². The van der Waals surface area contributed by atoms with Gasteiger partial charge in [-0.2, -0.15) is 0 Å². The molecule has 0 N–H and O–H groups in total. The molecule has 0 spiro atoms. The van der Waals surface area contributed by atoms with E-state index in [0.717, 1.165) is 40.4 Å². The fraction of sp³-hybridized carbons (Fsp3) is 0.231. The van der Waals surface area contributed by atoms with Crippen LogP contribution in [0.5, 0.6) is 0 Å². The van der Waals surface area contributed by atoms with Crippen molar-refractivity contribution < 1.29 is 9.18 Å². The number of benzene rings is 2. The lowest BCUT2D eigenvalue weighted by Gasteiger charge is -2.27.